The summed E-state index contributed by atoms with van der Waals surface area (Å²) >= 11 is 0. The number of rotatable bonds is 10. The first-order valence-corrected chi connectivity index (χ1v) is 10.4. The van der Waals surface area contributed by atoms with Gasteiger partial charge in [-0.2, -0.15) is 5.10 Å². The van der Waals surface area contributed by atoms with Gasteiger partial charge in [0.15, 0.2) is 0 Å². The first kappa shape index (κ1) is 23.6. The fraction of sp³-hybridized carbons (Fsp3) is 0.261. The van der Waals surface area contributed by atoms with E-state index in [0.717, 1.165) is 16.7 Å². The molecule has 174 valence electrons. The molecule has 0 radical (unpaired) electrons. The number of nitrogens with one attached hydrogen (secondary N) is 3. The quantitative estimate of drug-likeness (QED) is 0.350. The second-order valence-electron chi connectivity index (χ2n) is 7.05. The van der Waals surface area contributed by atoms with E-state index in [2.05, 4.69) is 25.6 Å². The van der Waals surface area contributed by atoms with E-state index in [1.54, 1.807) is 18.5 Å². The van der Waals surface area contributed by atoms with Crippen molar-refractivity contribution in [1.29, 1.82) is 0 Å². The summed E-state index contributed by atoms with van der Waals surface area (Å²) in [6.45, 7) is 0.871. The standard InChI is InChI=1S/C23H27N5O5/c1-32-23(31)24-9-12-33-21-4-2-3-17(13-21)16-28(10-11-29)22(30)27-20-7-5-18(6-8-20)19-14-25-26-15-19/h2-8,13-15,29H,9-12,16H2,1H3,(H,24,31)(H,25,26)(H,27,30). The van der Waals surface area contributed by atoms with Crippen molar-refractivity contribution in [3.8, 4) is 16.9 Å². The summed E-state index contributed by atoms with van der Waals surface area (Å²) < 4.78 is 10.1. The number of anilines is 1. The van der Waals surface area contributed by atoms with E-state index in [1.807, 2.05) is 42.5 Å². The van der Waals surface area contributed by atoms with Crippen LogP contribution in [0, 0.1) is 0 Å². The van der Waals surface area contributed by atoms with E-state index in [0.29, 0.717) is 18.0 Å². The fourth-order valence-electron chi connectivity index (χ4n) is 3.08. The van der Waals surface area contributed by atoms with Crippen LogP contribution in [0.3, 0.4) is 0 Å². The molecule has 1 heterocycles. The number of hydrogen-bond donors (Lipinski definition) is 4. The van der Waals surface area contributed by atoms with Crippen molar-refractivity contribution in [2.24, 2.45) is 0 Å². The Labute approximate surface area is 191 Å². The van der Waals surface area contributed by atoms with E-state index >= 15 is 0 Å². The monoisotopic (exact) mass is 453 g/mol. The van der Waals surface area contributed by atoms with Gasteiger partial charge in [-0.15, -0.1) is 0 Å². The fourth-order valence-corrected chi connectivity index (χ4v) is 3.08. The third kappa shape index (κ3) is 7.25. The van der Waals surface area contributed by atoms with Crippen molar-refractivity contribution >= 4 is 17.8 Å². The Morgan fingerprint density at radius 3 is 2.67 bits per heavy atom. The van der Waals surface area contributed by atoms with Crippen LogP contribution in [-0.2, 0) is 11.3 Å². The summed E-state index contributed by atoms with van der Waals surface area (Å²) in [6, 6.07) is 14.4. The first-order chi connectivity index (χ1) is 16.1. The van der Waals surface area contributed by atoms with Crippen LogP contribution in [0.4, 0.5) is 15.3 Å². The van der Waals surface area contributed by atoms with Crippen LogP contribution >= 0.6 is 0 Å². The zero-order valence-corrected chi connectivity index (χ0v) is 18.3. The molecule has 0 aliphatic rings. The molecule has 0 saturated heterocycles. The van der Waals surface area contributed by atoms with Crippen molar-refractivity contribution < 1.29 is 24.2 Å². The van der Waals surface area contributed by atoms with Crippen LogP contribution in [0.1, 0.15) is 5.56 Å². The number of aromatic nitrogens is 2. The van der Waals surface area contributed by atoms with Crippen LogP contribution in [0.15, 0.2) is 60.9 Å². The second kappa shape index (κ2) is 12.1. The molecule has 0 spiro atoms. The summed E-state index contributed by atoms with van der Waals surface area (Å²) in [5.74, 6) is 0.610. The molecule has 0 aliphatic carbocycles. The lowest BCUT2D eigenvalue weighted by atomic mass is 10.1. The summed E-state index contributed by atoms with van der Waals surface area (Å²) in [4.78, 5) is 25.4. The highest BCUT2D eigenvalue weighted by molar-refractivity contribution is 5.89. The molecule has 0 unspecified atom stereocenters. The number of H-pyrrole nitrogens is 1. The van der Waals surface area contributed by atoms with Gasteiger partial charge in [0, 0.05) is 30.5 Å². The Morgan fingerprint density at radius 2 is 1.97 bits per heavy atom. The predicted molar refractivity (Wildman–Crippen MR) is 123 cm³/mol. The number of nitrogens with zero attached hydrogens (tertiary/aromatic N) is 2. The lowest BCUT2D eigenvalue weighted by molar-refractivity contribution is 0.168. The first-order valence-electron chi connectivity index (χ1n) is 10.4. The topological polar surface area (TPSA) is 129 Å². The number of urea groups is 1. The normalized spacial score (nSPS) is 10.4. The van der Waals surface area contributed by atoms with Crippen LogP contribution in [0.25, 0.3) is 11.1 Å². The molecule has 0 atom stereocenters. The summed E-state index contributed by atoms with van der Waals surface area (Å²) in [5, 5.41) is 21.5. The van der Waals surface area contributed by atoms with E-state index in [-0.39, 0.29) is 32.3 Å². The SMILES string of the molecule is COC(=O)NCCOc1cccc(CN(CCO)C(=O)Nc2ccc(-c3cn[nH]c3)cc2)c1. The Hall–Kier alpha value is -4.05. The third-order valence-corrected chi connectivity index (χ3v) is 4.72. The van der Waals surface area contributed by atoms with Gasteiger partial charge in [0.1, 0.15) is 12.4 Å². The molecule has 0 saturated carbocycles. The number of aliphatic hydroxyl groups is 1. The highest BCUT2D eigenvalue weighted by atomic mass is 16.5. The molecule has 10 nitrogen and oxygen atoms in total. The molecular formula is C23H27N5O5. The zero-order chi connectivity index (χ0) is 23.5. The van der Waals surface area contributed by atoms with E-state index in [9.17, 15) is 14.7 Å². The molecule has 3 aromatic rings. The van der Waals surface area contributed by atoms with Gasteiger partial charge in [-0.05, 0) is 35.4 Å². The third-order valence-electron chi connectivity index (χ3n) is 4.72. The average molecular weight is 453 g/mol. The number of amides is 3. The smallest absolute Gasteiger partial charge is 0.406 e. The largest absolute Gasteiger partial charge is 0.492 e. The summed E-state index contributed by atoms with van der Waals surface area (Å²) in [5.41, 5.74) is 3.42. The van der Waals surface area contributed by atoms with Gasteiger partial charge in [0.25, 0.3) is 0 Å². The Balaban J connectivity index is 1.57. The zero-order valence-electron chi connectivity index (χ0n) is 18.3. The van der Waals surface area contributed by atoms with Gasteiger partial charge >= 0.3 is 12.1 Å². The van der Waals surface area contributed by atoms with E-state index in [4.69, 9.17) is 4.74 Å². The molecule has 10 heteroatoms. The number of alkyl carbamates (subject to hydrolysis) is 1. The maximum atomic E-state index is 12.8. The minimum Gasteiger partial charge on any atom is -0.492 e. The van der Waals surface area contributed by atoms with Crippen molar-refractivity contribution in [2.45, 2.75) is 6.54 Å². The van der Waals surface area contributed by atoms with Crippen molar-refractivity contribution in [2.75, 3.05) is 38.7 Å². The summed E-state index contributed by atoms with van der Waals surface area (Å²) in [7, 11) is 1.30. The molecule has 0 aliphatic heterocycles. The molecular weight excluding hydrogens is 426 g/mol. The molecule has 1 aromatic heterocycles. The molecule has 4 N–H and O–H groups in total. The van der Waals surface area contributed by atoms with E-state index < -0.39 is 6.09 Å². The number of ether oxygens (including phenoxy) is 2. The highest BCUT2D eigenvalue weighted by Gasteiger charge is 2.14. The van der Waals surface area contributed by atoms with Crippen LogP contribution < -0.4 is 15.4 Å². The number of aliphatic hydroxyl groups excluding tert-OH is 1. The number of methoxy groups -OCH3 is 1. The van der Waals surface area contributed by atoms with Crippen molar-refractivity contribution in [3.05, 3.63) is 66.5 Å². The average Bonchev–Trinajstić information content (AvgIpc) is 3.37. The molecule has 3 amide bonds. The molecule has 33 heavy (non-hydrogen) atoms. The van der Waals surface area contributed by atoms with Crippen LogP contribution in [0.5, 0.6) is 5.75 Å². The predicted octanol–water partition coefficient (Wildman–Crippen LogP) is 2.84. The lowest BCUT2D eigenvalue weighted by Crippen LogP contribution is -2.36. The second-order valence-corrected chi connectivity index (χ2v) is 7.05. The van der Waals surface area contributed by atoms with Crippen LogP contribution in [-0.4, -0.2) is 65.7 Å². The molecule has 3 rings (SSSR count). The Morgan fingerprint density at radius 1 is 1.15 bits per heavy atom. The van der Waals surface area contributed by atoms with Gasteiger partial charge in [0.2, 0.25) is 0 Å². The number of carbonyl (C=O) groups excluding carboxylic acids is 2. The maximum Gasteiger partial charge on any atom is 0.406 e. The number of aromatic amines is 1. The van der Waals surface area contributed by atoms with Gasteiger partial charge in [0.05, 0.1) is 26.5 Å². The minimum absolute atomic E-state index is 0.164. The van der Waals surface area contributed by atoms with E-state index in [1.165, 1.54) is 12.0 Å². The minimum atomic E-state index is -0.519. The molecule has 0 bridgehead atoms. The maximum absolute atomic E-state index is 12.8. The van der Waals surface area contributed by atoms with Gasteiger partial charge in [-0.25, -0.2) is 9.59 Å². The Kier molecular flexibility index (Phi) is 8.66. The van der Waals surface area contributed by atoms with Gasteiger partial charge in [-0.3, -0.25) is 5.10 Å². The molecule has 2 aromatic carbocycles. The van der Waals surface area contributed by atoms with Gasteiger partial charge in [-0.1, -0.05) is 24.3 Å². The Bertz CT molecular complexity index is 1020. The summed E-state index contributed by atoms with van der Waals surface area (Å²) in [6.07, 6.45) is 3.00. The highest BCUT2D eigenvalue weighted by Crippen LogP contribution is 2.21. The van der Waals surface area contributed by atoms with Crippen molar-refractivity contribution in [1.82, 2.24) is 20.4 Å². The van der Waals surface area contributed by atoms with Gasteiger partial charge < -0.3 is 30.1 Å². The number of carbonyl (C=O) groups is 2. The number of benzene rings is 2. The number of hydrogen-bond acceptors (Lipinski definition) is 6. The van der Waals surface area contributed by atoms with Crippen LogP contribution in [0.2, 0.25) is 0 Å². The lowest BCUT2D eigenvalue weighted by Gasteiger charge is -2.22. The van der Waals surface area contributed by atoms with Crippen molar-refractivity contribution in [3.63, 3.8) is 0 Å². The molecule has 0 fully saturated rings.